The van der Waals surface area contributed by atoms with E-state index in [9.17, 15) is 19.8 Å². The number of hydrogen-bond acceptors (Lipinski definition) is 4. The summed E-state index contributed by atoms with van der Waals surface area (Å²) in [6, 6.07) is 0. The maximum atomic E-state index is 9.98. The van der Waals surface area contributed by atoms with Gasteiger partial charge in [0.1, 0.15) is 0 Å². The molecule has 0 aromatic rings. The van der Waals surface area contributed by atoms with Gasteiger partial charge in [0.2, 0.25) is 0 Å². The van der Waals surface area contributed by atoms with Crippen LogP contribution in [0.15, 0.2) is 47.6 Å². The Morgan fingerprint density at radius 1 is 0.833 bits per heavy atom. The van der Waals surface area contributed by atoms with Gasteiger partial charge in [0.05, 0.1) is 11.9 Å². The first-order valence-electron chi connectivity index (χ1n) is 4.75. The number of carboxylic acids is 2. The van der Waals surface area contributed by atoms with Crippen molar-refractivity contribution >= 4 is 11.9 Å². The van der Waals surface area contributed by atoms with E-state index in [4.69, 9.17) is 0 Å². The van der Waals surface area contributed by atoms with Crippen LogP contribution >= 0.6 is 0 Å². The molecule has 0 saturated carbocycles. The molecule has 0 bridgehead atoms. The molecule has 4 nitrogen and oxygen atoms in total. The SMILES string of the molecule is O=C([O-])C1=CC=CC1.O=C([O-])C1=CC=CC1.[Na+].[Na+]. The van der Waals surface area contributed by atoms with Gasteiger partial charge >= 0.3 is 59.1 Å². The maximum absolute atomic E-state index is 9.98. The van der Waals surface area contributed by atoms with E-state index in [1.165, 1.54) is 0 Å². The number of hydrogen-bond donors (Lipinski definition) is 0. The zero-order valence-corrected chi connectivity index (χ0v) is 14.5. The molecule has 2 aliphatic carbocycles. The third kappa shape index (κ3) is 7.36. The van der Waals surface area contributed by atoms with Crippen molar-refractivity contribution < 1.29 is 78.9 Å². The van der Waals surface area contributed by atoms with Gasteiger partial charge in [0.25, 0.3) is 0 Å². The molecule has 0 saturated heterocycles. The molecule has 6 heteroatoms. The Kier molecular flexibility index (Phi) is 12.1. The fourth-order valence-electron chi connectivity index (χ4n) is 1.20. The van der Waals surface area contributed by atoms with Crippen LogP contribution in [-0.2, 0) is 9.59 Å². The van der Waals surface area contributed by atoms with E-state index >= 15 is 0 Å². The van der Waals surface area contributed by atoms with Crippen LogP contribution in [-0.4, -0.2) is 11.9 Å². The summed E-state index contributed by atoms with van der Waals surface area (Å²) in [6.45, 7) is 0. The molecule has 0 heterocycles. The molecule has 0 fully saturated rings. The smallest absolute Gasteiger partial charge is 0.545 e. The van der Waals surface area contributed by atoms with Gasteiger partial charge in [-0.05, 0) is 24.0 Å². The van der Waals surface area contributed by atoms with E-state index in [1.807, 2.05) is 0 Å². The number of carboxylic acid groups (broad SMARTS) is 2. The molecule has 0 radical (unpaired) electrons. The van der Waals surface area contributed by atoms with Gasteiger partial charge in [-0.15, -0.1) is 0 Å². The summed E-state index contributed by atoms with van der Waals surface area (Å²) < 4.78 is 0. The van der Waals surface area contributed by atoms with Gasteiger partial charge in [-0.2, -0.15) is 0 Å². The molecule has 84 valence electrons. The minimum atomic E-state index is -1.06. The van der Waals surface area contributed by atoms with Crippen LogP contribution in [0.2, 0.25) is 0 Å². The predicted molar refractivity (Wildman–Crippen MR) is 53.7 cm³/mol. The number of rotatable bonds is 2. The van der Waals surface area contributed by atoms with Gasteiger partial charge in [0, 0.05) is 0 Å². The summed E-state index contributed by atoms with van der Waals surface area (Å²) in [5, 5.41) is 20.0. The predicted octanol–water partition coefficient (Wildman–Crippen LogP) is -6.75. The Hall–Kier alpha value is -0.1000. The van der Waals surface area contributed by atoms with Crippen LogP contribution in [0.1, 0.15) is 12.8 Å². The van der Waals surface area contributed by atoms with Crippen LogP contribution < -0.4 is 69.3 Å². The zero-order chi connectivity index (χ0) is 12.0. The van der Waals surface area contributed by atoms with Crippen LogP contribution in [0.25, 0.3) is 0 Å². The van der Waals surface area contributed by atoms with Gasteiger partial charge in [0.15, 0.2) is 0 Å². The van der Waals surface area contributed by atoms with Crippen molar-refractivity contribution in [2.75, 3.05) is 0 Å². The molecule has 0 N–H and O–H groups in total. The van der Waals surface area contributed by atoms with Gasteiger partial charge in [-0.25, -0.2) is 0 Å². The number of carbonyl (C=O) groups excluding carboxylic acids is 2. The molecule has 2 aliphatic rings. The minimum absolute atomic E-state index is 0. The van der Waals surface area contributed by atoms with E-state index in [-0.39, 0.29) is 59.1 Å². The first-order chi connectivity index (χ1) is 7.61. The molecular formula is C12H10Na2O4. The second kappa shape index (κ2) is 10.8. The van der Waals surface area contributed by atoms with E-state index in [1.54, 1.807) is 36.5 Å². The molecule has 0 aliphatic heterocycles. The van der Waals surface area contributed by atoms with Crippen molar-refractivity contribution in [1.82, 2.24) is 0 Å². The molecule has 0 unspecified atom stereocenters. The second-order valence-corrected chi connectivity index (χ2v) is 3.22. The maximum Gasteiger partial charge on any atom is 1.00 e. The summed E-state index contributed by atoms with van der Waals surface area (Å²) in [5.74, 6) is -2.12. The second-order valence-electron chi connectivity index (χ2n) is 3.22. The fraction of sp³-hybridized carbons (Fsp3) is 0.167. The Balaban J connectivity index is 0. The molecular weight excluding hydrogens is 254 g/mol. The minimum Gasteiger partial charge on any atom is -0.545 e. The van der Waals surface area contributed by atoms with E-state index in [0.717, 1.165) is 0 Å². The van der Waals surface area contributed by atoms with Crippen molar-refractivity contribution in [3.05, 3.63) is 47.6 Å². The quantitative estimate of drug-likeness (QED) is 0.464. The third-order valence-corrected chi connectivity index (χ3v) is 2.07. The van der Waals surface area contributed by atoms with Gasteiger partial charge < -0.3 is 19.8 Å². The molecule has 0 aromatic heterocycles. The first-order valence-corrected chi connectivity index (χ1v) is 4.75. The van der Waals surface area contributed by atoms with Crippen LogP contribution in [0.5, 0.6) is 0 Å². The number of allylic oxidation sites excluding steroid dienone is 6. The Bertz CT molecular complexity index is 380. The third-order valence-electron chi connectivity index (χ3n) is 2.07. The van der Waals surface area contributed by atoms with E-state index in [0.29, 0.717) is 24.0 Å². The van der Waals surface area contributed by atoms with Crippen molar-refractivity contribution in [2.24, 2.45) is 0 Å². The Morgan fingerprint density at radius 3 is 1.28 bits per heavy atom. The van der Waals surface area contributed by atoms with Crippen molar-refractivity contribution in [2.45, 2.75) is 12.8 Å². The normalized spacial score (nSPS) is 14.4. The van der Waals surface area contributed by atoms with Crippen LogP contribution in [0, 0.1) is 0 Å². The van der Waals surface area contributed by atoms with Crippen LogP contribution in [0.4, 0.5) is 0 Å². The summed E-state index contributed by atoms with van der Waals surface area (Å²) in [6.07, 6.45) is 11.1. The summed E-state index contributed by atoms with van der Waals surface area (Å²) >= 11 is 0. The summed E-state index contributed by atoms with van der Waals surface area (Å²) in [4.78, 5) is 20.0. The molecule has 0 amide bonds. The Morgan fingerprint density at radius 2 is 1.17 bits per heavy atom. The van der Waals surface area contributed by atoms with Crippen molar-refractivity contribution in [3.63, 3.8) is 0 Å². The van der Waals surface area contributed by atoms with Crippen LogP contribution in [0.3, 0.4) is 0 Å². The summed E-state index contributed by atoms with van der Waals surface area (Å²) in [7, 11) is 0. The first kappa shape index (κ1) is 20.2. The zero-order valence-electron chi connectivity index (χ0n) is 10.5. The number of aliphatic carboxylic acids is 2. The van der Waals surface area contributed by atoms with Gasteiger partial charge in [-0.1, -0.05) is 36.5 Å². The standard InChI is InChI=1S/2C6H6O2.2Na/c2*7-6(8)5-3-1-2-4-5;;/h2*1-3H,4H2,(H,7,8);;/q;;2*+1/p-2. The molecule has 2 rings (SSSR count). The molecule has 0 aromatic carbocycles. The molecule has 0 atom stereocenters. The monoisotopic (exact) mass is 264 g/mol. The van der Waals surface area contributed by atoms with Crippen molar-refractivity contribution in [3.8, 4) is 0 Å². The summed E-state index contributed by atoms with van der Waals surface area (Å²) in [5.41, 5.74) is 0.731. The average Bonchev–Trinajstić information content (AvgIpc) is 2.93. The number of carbonyl (C=O) groups is 2. The van der Waals surface area contributed by atoms with E-state index < -0.39 is 11.9 Å². The van der Waals surface area contributed by atoms with E-state index in [2.05, 4.69) is 0 Å². The fourth-order valence-corrected chi connectivity index (χ4v) is 1.20. The largest absolute Gasteiger partial charge is 1.00 e. The average molecular weight is 264 g/mol. The van der Waals surface area contributed by atoms with Crippen molar-refractivity contribution in [1.29, 1.82) is 0 Å². The topological polar surface area (TPSA) is 80.3 Å². The Labute approximate surface area is 150 Å². The van der Waals surface area contributed by atoms with Gasteiger partial charge in [-0.3, -0.25) is 0 Å². The molecule has 0 spiro atoms. The molecule has 18 heavy (non-hydrogen) atoms.